The third-order valence-corrected chi connectivity index (χ3v) is 5.81. The van der Waals surface area contributed by atoms with Crippen molar-refractivity contribution < 1.29 is 23.8 Å². The van der Waals surface area contributed by atoms with Gasteiger partial charge in [0.1, 0.15) is 17.4 Å². The number of ether oxygens (including phenoxy) is 3. The van der Waals surface area contributed by atoms with E-state index in [-0.39, 0.29) is 35.5 Å². The predicted octanol–water partition coefficient (Wildman–Crippen LogP) is 3.11. The van der Waals surface area contributed by atoms with E-state index in [0.29, 0.717) is 12.4 Å². The van der Waals surface area contributed by atoms with Crippen LogP contribution in [0.5, 0.6) is 0 Å². The van der Waals surface area contributed by atoms with Gasteiger partial charge in [-0.15, -0.1) is 0 Å². The van der Waals surface area contributed by atoms with Crippen molar-refractivity contribution in [2.45, 2.75) is 39.5 Å². The van der Waals surface area contributed by atoms with Crippen LogP contribution in [0.25, 0.3) is 0 Å². The number of benzene rings is 1. The number of piperidine rings is 1. The molecule has 32 heavy (non-hydrogen) atoms. The Kier molecular flexibility index (Phi) is 7.41. The maximum Gasteiger partial charge on any atom is 0.338 e. The fourth-order valence-electron chi connectivity index (χ4n) is 4.20. The highest BCUT2D eigenvalue weighted by atomic mass is 16.5. The SMILES string of the molecule is CCOC(=O)C1=C(C)OC(N)=C(C#N)C1c1ccc(N2CCC(C(=O)OCC)CC2)cc1. The molecule has 8 nitrogen and oxygen atoms in total. The molecule has 0 radical (unpaired) electrons. The van der Waals surface area contributed by atoms with Crippen molar-refractivity contribution in [1.29, 1.82) is 5.26 Å². The van der Waals surface area contributed by atoms with Gasteiger partial charge in [0, 0.05) is 18.8 Å². The van der Waals surface area contributed by atoms with Gasteiger partial charge in [-0.2, -0.15) is 5.26 Å². The van der Waals surface area contributed by atoms with Crippen molar-refractivity contribution in [3.63, 3.8) is 0 Å². The van der Waals surface area contributed by atoms with Crippen LogP contribution < -0.4 is 10.6 Å². The number of carbonyl (C=O) groups excluding carboxylic acids is 2. The van der Waals surface area contributed by atoms with Crippen LogP contribution in [0.3, 0.4) is 0 Å². The summed E-state index contributed by atoms with van der Waals surface area (Å²) >= 11 is 0. The summed E-state index contributed by atoms with van der Waals surface area (Å²) in [5.41, 5.74) is 8.17. The zero-order valence-corrected chi connectivity index (χ0v) is 18.7. The molecule has 2 aliphatic rings. The second-order valence-electron chi connectivity index (χ2n) is 7.72. The Bertz CT molecular complexity index is 966. The third-order valence-electron chi connectivity index (χ3n) is 5.81. The summed E-state index contributed by atoms with van der Waals surface area (Å²) in [4.78, 5) is 26.8. The normalized spacial score (nSPS) is 19.3. The molecule has 1 aromatic rings. The van der Waals surface area contributed by atoms with Gasteiger partial charge in [0.15, 0.2) is 0 Å². The monoisotopic (exact) mass is 439 g/mol. The number of anilines is 1. The smallest absolute Gasteiger partial charge is 0.338 e. The molecule has 170 valence electrons. The van der Waals surface area contributed by atoms with Crippen LogP contribution in [0.4, 0.5) is 5.69 Å². The Hall–Kier alpha value is -3.47. The molecule has 0 aromatic heterocycles. The minimum absolute atomic E-state index is 0.00633. The average molecular weight is 440 g/mol. The molecule has 2 aliphatic heterocycles. The molecule has 1 fully saturated rings. The van der Waals surface area contributed by atoms with Gasteiger partial charge < -0.3 is 24.8 Å². The minimum Gasteiger partial charge on any atom is -0.466 e. The number of hydrogen-bond acceptors (Lipinski definition) is 8. The summed E-state index contributed by atoms with van der Waals surface area (Å²) in [5, 5.41) is 9.69. The number of esters is 2. The highest BCUT2D eigenvalue weighted by Gasteiger charge is 2.36. The van der Waals surface area contributed by atoms with Crippen LogP contribution in [-0.2, 0) is 23.8 Å². The Morgan fingerprint density at radius 3 is 2.34 bits per heavy atom. The second-order valence-corrected chi connectivity index (χ2v) is 7.72. The molecule has 1 unspecified atom stereocenters. The summed E-state index contributed by atoms with van der Waals surface area (Å²) in [6, 6.07) is 9.78. The first-order valence-corrected chi connectivity index (χ1v) is 10.9. The lowest BCUT2D eigenvalue weighted by atomic mass is 9.83. The zero-order valence-electron chi connectivity index (χ0n) is 18.7. The minimum atomic E-state index is -0.656. The number of nitriles is 1. The lowest BCUT2D eigenvalue weighted by Crippen LogP contribution is -2.37. The number of allylic oxidation sites excluding steroid dienone is 2. The van der Waals surface area contributed by atoms with Gasteiger partial charge in [0.05, 0.1) is 30.6 Å². The van der Waals surface area contributed by atoms with E-state index in [2.05, 4.69) is 11.0 Å². The summed E-state index contributed by atoms with van der Waals surface area (Å²) in [5.74, 6) is -1.04. The number of rotatable bonds is 6. The van der Waals surface area contributed by atoms with Gasteiger partial charge in [-0.05, 0) is 51.3 Å². The first kappa shape index (κ1) is 23.2. The van der Waals surface area contributed by atoms with Crippen molar-refractivity contribution in [2.75, 3.05) is 31.2 Å². The Morgan fingerprint density at radius 2 is 1.78 bits per heavy atom. The average Bonchev–Trinajstić information content (AvgIpc) is 2.79. The van der Waals surface area contributed by atoms with E-state index in [4.69, 9.17) is 19.9 Å². The molecule has 0 saturated carbocycles. The molecule has 0 amide bonds. The van der Waals surface area contributed by atoms with Crippen LogP contribution in [0.15, 0.2) is 47.1 Å². The van der Waals surface area contributed by atoms with Gasteiger partial charge in [0.2, 0.25) is 5.88 Å². The standard InChI is InChI=1S/C24H29N3O5/c1-4-30-23(28)17-10-12-27(13-11-17)18-8-6-16(7-9-18)21-19(14-25)22(26)32-15(3)20(21)24(29)31-5-2/h6-9,17,21H,4-5,10-13,26H2,1-3H3. The summed E-state index contributed by atoms with van der Waals surface area (Å²) in [6.07, 6.45) is 1.49. The molecule has 1 aromatic carbocycles. The Balaban J connectivity index is 1.82. The van der Waals surface area contributed by atoms with Crippen LogP contribution in [0, 0.1) is 17.2 Å². The highest BCUT2D eigenvalue weighted by molar-refractivity contribution is 5.92. The molecule has 1 saturated heterocycles. The lowest BCUT2D eigenvalue weighted by Gasteiger charge is -2.33. The maximum atomic E-state index is 12.6. The first-order chi connectivity index (χ1) is 15.4. The first-order valence-electron chi connectivity index (χ1n) is 10.9. The predicted molar refractivity (Wildman–Crippen MR) is 118 cm³/mol. The number of nitrogens with two attached hydrogens (primary N) is 1. The fourth-order valence-corrected chi connectivity index (χ4v) is 4.20. The van der Waals surface area contributed by atoms with E-state index < -0.39 is 11.9 Å². The van der Waals surface area contributed by atoms with Crippen LogP contribution in [-0.4, -0.2) is 38.2 Å². The van der Waals surface area contributed by atoms with Crippen molar-refractivity contribution in [1.82, 2.24) is 0 Å². The summed E-state index contributed by atoms with van der Waals surface area (Å²) < 4.78 is 15.8. The molecule has 0 spiro atoms. The van der Waals surface area contributed by atoms with E-state index >= 15 is 0 Å². The lowest BCUT2D eigenvalue weighted by molar-refractivity contribution is -0.148. The molecular weight excluding hydrogens is 410 g/mol. The van der Waals surface area contributed by atoms with Crippen molar-refractivity contribution in [2.24, 2.45) is 11.7 Å². The molecule has 0 aliphatic carbocycles. The van der Waals surface area contributed by atoms with E-state index in [0.717, 1.165) is 37.2 Å². The quantitative estimate of drug-likeness (QED) is 0.673. The Morgan fingerprint density at radius 1 is 1.16 bits per heavy atom. The number of nitrogens with zero attached hydrogens (tertiary/aromatic N) is 2. The number of carbonyl (C=O) groups is 2. The molecule has 2 N–H and O–H groups in total. The topological polar surface area (TPSA) is 115 Å². The van der Waals surface area contributed by atoms with E-state index in [9.17, 15) is 14.9 Å². The third kappa shape index (κ3) is 4.72. The van der Waals surface area contributed by atoms with E-state index in [1.807, 2.05) is 31.2 Å². The van der Waals surface area contributed by atoms with Gasteiger partial charge >= 0.3 is 11.9 Å². The van der Waals surface area contributed by atoms with Crippen LogP contribution >= 0.6 is 0 Å². The molecule has 8 heteroatoms. The second kappa shape index (κ2) is 10.2. The van der Waals surface area contributed by atoms with Crippen LogP contribution in [0.2, 0.25) is 0 Å². The van der Waals surface area contributed by atoms with Gasteiger partial charge in [0.25, 0.3) is 0 Å². The van der Waals surface area contributed by atoms with E-state index in [1.54, 1.807) is 13.8 Å². The molecule has 2 heterocycles. The van der Waals surface area contributed by atoms with Crippen molar-refractivity contribution >= 4 is 17.6 Å². The molecular formula is C24H29N3O5. The number of hydrogen-bond donors (Lipinski definition) is 1. The maximum absolute atomic E-state index is 12.6. The largest absolute Gasteiger partial charge is 0.466 e. The van der Waals surface area contributed by atoms with Gasteiger partial charge in [-0.1, -0.05) is 12.1 Å². The van der Waals surface area contributed by atoms with E-state index in [1.165, 1.54) is 0 Å². The fraction of sp³-hybridized carbons (Fsp3) is 0.458. The Labute approximate surface area is 188 Å². The van der Waals surface area contributed by atoms with Gasteiger partial charge in [-0.25, -0.2) is 4.79 Å². The molecule has 3 rings (SSSR count). The van der Waals surface area contributed by atoms with Crippen molar-refractivity contribution in [3.8, 4) is 6.07 Å². The molecule has 0 bridgehead atoms. The van der Waals surface area contributed by atoms with Crippen LogP contribution in [0.1, 0.15) is 45.1 Å². The molecule has 1 atom stereocenters. The highest BCUT2D eigenvalue weighted by Crippen LogP contribution is 2.40. The zero-order chi connectivity index (χ0) is 23.3. The summed E-state index contributed by atoms with van der Waals surface area (Å²) in [6.45, 7) is 7.30. The summed E-state index contributed by atoms with van der Waals surface area (Å²) in [7, 11) is 0. The van der Waals surface area contributed by atoms with Crippen molar-refractivity contribution in [3.05, 3.63) is 52.6 Å². The van der Waals surface area contributed by atoms with Gasteiger partial charge in [-0.3, -0.25) is 4.79 Å².